The van der Waals surface area contributed by atoms with Crippen molar-refractivity contribution in [3.63, 3.8) is 0 Å². The van der Waals surface area contributed by atoms with Crippen LogP contribution in [0, 0.1) is 0 Å². The zero-order valence-electron chi connectivity index (χ0n) is 11.3. The van der Waals surface area contributed by atoms with Crippen LogP contribution in [-0.2, 0) is 4.74 Å². The van der Waals surface area contributed by atoms with Gasteiger partial charge in [0.1, 0.15) is 0 Å². The molecule has 104 valence electrons. The summed E-state index contributed by atoms with van der Waals surface area (Å²) in [4.78, 5) is 0. The molecule has 0 amide bonds. The number of benzene rings is 1. The van der Waals surface area contributed by atoms with Gasteiger partial charge in [0.05, 0.1) is 12.2 Å². The Labute approximate surface area is 124 Å². The van der Waals surface area contributed by atoms with Gasteiger partial charge in [-0.05, 0) is 43.4 Å². The molecule has 2 fully saturated rings. The molecule has 0 aromatic heterocycles. The molecule has 2 aliphatic carbocycles. The van der Waals surface area contributed by atoms with Gasteiger partial charge in [-0.2, -0.15) is 0 Å². The predicted molar refractivity (Wildman–Crippen MR) is 81.2 cm³/mol. The van der Waals surface area contributed by atoms with Crippen LogP contribution in [0.4, 0.5) is 0 Å². The highest BCUT2D eigenvalue weighted by Crippen LogP contribution is 2.29. The Morgan fingerprint density at radius 2 is 2.00 bits per heavy atom. The number of ether oxygens (including phenoxy) is 1. The monoisotopic (exact) mass is 323 g/mol. The molecule has 3 heteroatoms. The van der Waals surface area contributed by atoms with Crippen LogP contribution < -0.4 is 5.32 Å². The third-order valence-electron chi connectivity index (χ3n) is 4.05. The second kappa shape index (κ2) is 6.38. The van der Waals surface area contributed by atoms with Gasteiger partial charge in [-0.15, -0.1) is 0 Å². The molecule has 0 saturated heterocycles. The maximum atomic E-state index is 6.35. The smallest absolute Gasteiger partial charge is 0.0953 e. The van der Waals surface area contributed by atoms with E-state index >= 15 is 0 Å². The Balaban J connectivity index is 1.66. The highest BCUT2D eigenvalue weighted by atomic mass is 79.9. The van der Waals surface area contributed by atoms with Crippen LogP contribution in [0.2, 0.25) is 0 Å². The second-order valence-electron chi connectivity index (χ2n) is 5.77. The molecule has 1 aromatic carbocycles. The summed E-state index contributed by atoms with van der Waals surface area (Å²) in [6, 6.07) is 9.28. The molecule has 0 radical (unpaired) electrons. The third kappa shape index (κ3) is 4.04. The van der Waals surface area contributed by atoms with Crippen LogP contribution in [0.15, 0.2) is 28.7 Å². The summed E-state index contributed by atoms with van der Waals surface area (Å²) in [5.41, 5.74) is 1.29. The van der Waals surface area contributed by atoms with Crippen molar-refractivity contribution < 1.29 is 4.74 Å². The molecule has 0 aliphatic heterocycles. The fraction of sp³-hybridized carbons (Fsp3) is 0.625. The maximum Gasteiger partial charge on any atom is 0.0953 e. The summed E-state index contributed by atoms with van der Waals surface area (Å²) in [5.74, 6) is 0. The van der Waals surface area contributed by atoms with Crippen LogP contribution in [0.5, 0.6) is 0 Å². The molecule has 0 spiro atoms. The summed E-state index contributed by atoms with van der Waals surface area (Å²) in [6.07, 6.45) is 8.43. The summed E-state index contributed by atoms with van der Waals surface area (Å²) in [7, 11) is 0. The fourth-order valence-electron chi connectivity index (χ4n) is 2.77. The van der Waals surface area contributed by atoms with Gasteiger partial charge in [0.2, 0.25) is 0 Å². The van der Waals surface area contributed by atoms with Gasteiger partial charge in [-0.25, -0.2) is 0 Å². The van der Waals surface area contributed by atoms with E-state index in [1.54, 1.807) is 0 Å². The Morgan fingerprint density at radius 3 is 2.68 bits per heavy atom. The molecular formula is C16H22BrNO. The van der Waals surface area contributed by atoms with Gasteiger partial charge in [-0.1, -0.05) is 40.9 Å². The Hall–Kier alpha value is -0.380. The van der Waals surface area contributed by atoms with E-state index in [2.05, 4.69) is 45.5 Å². The molecule has 2 saturated carbocycles. The molecule has 0 heterocycles. The van der Waals surface area contributed by atoms with Gasteiger partial charge >= 0.3 is 0 Å². The maximum absolute atomic E-state index is 6.35. The van der Waals surface area contributed by atoms with E-state index in [9.17, 15) is 0 Å². The lowest BCUT2D eigenvalue weighted by molar-refractivity contribution is -0.00895. The molecule has 1 atom stereocenters. The molecule has 19 heavy (non-hydrogen) atoms. The van der Waals surface area contributed by atoms with Crippen molar-refractivity contribution in [2.24, 2.45) is 0 Å². The van der Waals surface area contributed by atoms with E-state index in [0.717, 1.165) is 17.1 Å². The lowest BCUT2D eigenvalue weighted by Crippen LogP contribution is -2.27. The lowest BCUT2D eigenvalue weighted by atomic mass is 10.1. The molecule has 1 N–H and O–H groups in total. The van der Waals surface area contributed by atoms with Crippen molar-refractivity contribution in [3.8, 4) is 0 Å². The van der Waals surface area contributed by atoms with Crippen LogP contribution in [0.1, 0.15) is 50.2 Å². The highest BCUT2D eigenvalue weighted by molar-refractivity contribution is 9.10. The molecule has 0 bridgehead atoms. The average molecular weight is 324 g/mol. The standard InChI is InChI=1S/C16H22BrNO/c17-13-5-3-4-12(10-13)16(11-18-14-8-9-14)19-15-6-1-2-7-15/h3-5,10,14-16,18H,1-2,6-9,11H2. The quantitative estimate of drug-likeness (QED) is 0.847. The molecule has 3 rings (SSSR count). The first-order valence-electron chi connectivity index (χ1n) is 7.45. The lowest BCUT2D eigenvalue weighted by Gasteiger charge is -2.23. The van der Waals surface area contributed by atoms with E-state index in [1.165, 1.54) is 44.1 Å². The normalized spacial score (nSPS) is 21.7. The van der Waals surface area contributed by atoms with E-state index in [1.807, 2.05) is 0 Å². The van der Waals surface area contributed by atoms with Crippen LogP contribution in [-0.4, -0.2) is 18.7 Å². The van der Waals surface area contributed by atoms with Crippen LogP contribution in [0.25, 0.3) is 0 Å². The van der Waals surface area contributed by atoms with Crippen LogP contribution in [0.3, 0.4) is 0 Å². The first-order valence-corrected chi connectivity index (χ1v) is 8.25. The van der Waals surface area contributed by atoms with Crippen molar-refractivity contribution in [1.29, 1.82) is 0 Å². The number of halogens is 1. The first-order chi connectivity index (χ1) is 9.31. The second-order valence-corrected chi connectivity index (χ2v) is 6.68. The van der Waals surface area contributed by atoms with E-state index < -0.39 is 0 Å². The summed E-state index contributed by atoms with van der Waals surface area (Å²) in [6.45, 7) is 0.942. The fourth-order valence-corrected chi connectivity index (χ4v) is 3.19. The minimum atomic E-state index is 0.196. The Kier molecular flexibility index (Phi) is 4.57. The van der Waals surface area contributed by atoms with Crippen molar-refractivity contribution >= 4 is 15.9 Å². The van der Waals surface area contributed by atoms with Gasteiger partial charge < -0.3 is 10.1 Å². The summed E-state index contributed by atoms with van der Waals surface area (Å²) >= 11 is 3.56. The minimum Gasteiger partial charge on any atom is -0.369 e. The van der Waals surface area contributed by atoms with E-state index in [0.29, 0.717) is 6.10 Å². The van der Waals surface area contributed by atoms with E-state index in [4.69, 9.17) is 4.74 Å². The van der Waals surface area contributed by atoms with Crippen molar-refractivity contribution in [3.05, 3.63) is 34.3 Å². The van der Waals surface area contributed by atoms with Gasteiger partial charge in [0, 0.05) is 17.1 Å². The number of hydrogen-bond donors (Lipinski definition) is 1. The molecule has 1 unspecified atom stereocenters. The first kappa shape index (κ1) is 13.6. The van der Waals surface area contributed by atoms with E-state index in [-0.39, 0.29) is 6.10 Å². The SMILES string of the molecule is Brc1cccc(C(CNC2CC2)OC2CCCC2)c1. The largest absolute Gasteiger partial charge is 0.369 e. The topological polar surface area (TPSA) is 21.3 Å². The zero-order valence-corrected chi connectivity index (χ0v) is 12.9. The van der Waals surface area contributed by atoms with Crippen LogP contribution >= 0.6 is 15.9 Å². The predicted octanol–water partition coefficient (Wildman–Crippen LogP) is 4.20. The summed E-state index contributed by atoms with van der Waals surface area (Å²) in [5, 5.41) is 3.61. The third-order valence-corrected chi connectivity index (χ3v) is 4.54. The van der Waals surface area contributed by atoms with Gasteiger partial charge in [0.15, 0.2) is 0 Å². The Bertz CT molecular complexity index is 413. The average Bonchev–Trinajstić information content (AvgIpc) is 3.10. The molecule has 2 nitrogen and oxygen atoms in total. The highest BCUT2D eigenvalue weighted by Gasteiger charge is 2.25. The Morgan fingerprint density at radius 1 is 1.21 bits per heavy atom. The molecular weight excluding hydrogens is 302 g/mol. The zero-order chi connectivity index (χ0) is 13.1. The summed E-state index contributed by atoms with van der Waals surface area (Å²) < 4.78 is 7.48. The number of hydrogen-bond acceptors (Lipinski definition) is 2. The minimum absolute atomic E-state index is 0.196. The molecule has 2 aliphatic rings. The van der Waals surface area contributed by atoms with Crippen molar-refractivity contribution in [1.82, 2.24) is 5.32 Å². The van der Waals surface area contributed by atoms with Crippen molar-refractivity contribution in [2.75, 3.05) is 6.54 Å². The number of rotatable bonds is 6. The molecule has 1 aromatic rings. The van der Waals surface area contributed by atoms with Gasteiger partial charge in [0.25, 0.3) is 0 Å². The van der Waals surface area contributed by atoms with Gasteiger partial charge in [-0.3, -0.25) is 0 Å². The number of nitrogens with one attached hydrogen (secondary N) is 1. The van der Waals surface area contributed by atoms with Crippen molar-refractivity contribution in [2.45, 2.75) is 56.8 Å².